The van der Waals surface area contributed by atoms with Crippen molar-refractivity contribution in [1.29, 1.82) is 0 Å². The minimum absolute atomic E-state index is 0.0859. The van der Waals surface area contributed by atoms with Gasteiger partial charge in [0, 0.05) is 31.7 Å². The van der Waals surface area contributed by atoms with E-state index in [-0.39, 0.29) is 18.4 Å². The molecule has 0 aliphatic carbocycles. The van der Waals surface area contributed by atoms with Crippen LogP contribution < -0.4 is 16.0 Å². The van der Waals surface area contributed by atoms with Gasteiger partial charge in [0.1, 0.15) is 0 Å². The molecule has 0 bridgehead atoms. The summed E-state index contributed by atoms with van der Waals surface area (Å²) in [5.41, 5.74) is 2.58. The quantitative estimate of drug-likeness (QED) is 0.696. The second-order valence-corrected chi connectivity index (χ2v) is 5.04. The Balaban J connectivity index is 1.80. The summed E-state index contributed by atoms with van der Waals surface area (Å²) in [5, 5.41) is 9.32. The van der Waals surface area contributed by atoms with Crippen molar-refractivity contribution < 1.29 is 9.59 Å². The van der Waals surface area contributed by atoms with Crippen LogP contribution in [-0.2, 0) is 4.79 Å². The second kappa shape index (κ2) is 5.40. The summed E-state index contributed by atoms with van der Waals surface area (Å²) < 4.78 is 0. The molecule has 0 atom stereocenters. The standard InChI is InChI=1S/C14H18N4O2/c19-13-9-18(7-1-4-17-13)14(20)10-2-3-11-12(8-10)16-6-5-15-11/h2-3,8,15-16H,1,4-7,9H2,(H,17,19). The van der Waals surface area contributed by atoms with Crippen LogP contribution in [0, 0.1) is 0 Å². The number of carbonyl (C=O) groups excluding carboxylic acids is 2. The maximum Gasteiger partial charge on any atom is 0.254 e. The molecule has 1 saturated heterocycles. The highest BCUT2D eigenvalue weighted by Crippen LogP contribution is 2.26. The minimum Gasteiger partial charge on any atom is -0.382 e. The van der Waals surface area contributed by atoms with Crippen molar-refractivity contribution in [1.82, 2.24) is 10.2 Å². The third kappa shape index (κ3) is 2.54. The Bertz CT molecular complexity index is 544. The largest absolute Gasteiger partial charge is 0.382 e. The van der Waals surface area contributed by atoms with E-state index in [1.54, 1.807) is 4.90 Å². The van der Waals surface area contributed by atoms with Crippen LogP contribution in [0.3, 0.4) is 0 Å². The highest BCUT2D eigenvalue weighted by atomic mass is 16.2. The highest BCUT2D eigenvalue weighted by Gasteiger charge is 2.22. The van der Waals surface area contributed by atoms with Gasteiger partial charge in [-0.3, -0.25) is 9.59 Å². The summed E-state index contributed by atoms with van der Waals surface area (Å²) >= 11 is 0. The minimum atomic E-state index is -0.0893. The van der Waals surface area contributed by atoms with E-state index in [4.69, 9.17) is 0 Å². The number of amides is 2. The smallest absolute Gasteiger partial charge is 0.254 e. The van der Waals surface area contributed by atoms with Crippen LogP contribution >= 0.6 is 0 Å². The normalized spacial score (nSPS) is 18.2. The Morgan fingerprint density at radius 2 is 1.85 bits per heavy atom. The maximum atomic E-state index is 12.5. The van der Waals surface area contributed by atoms with Crippen molar-refractivity contribution in [2.24, 2.45) is 0 Å². The first-order valence-electron chi connectivity index (χ1n) is 6.92. The molecule has 6 heteroatoms. The molecule has 1 fully saturated rings. The van der Waals surface area contributed by atoms with Crippen LogP contribution in [0.2, 0.25) is 0 Å². The molecule has 0 saturated carbocycles. The van der Waals surface area contributed by atoms with E-state index < -0.39 is 0 Å². The van der Waals surface area contributed by atoms with Crippen molar-refractivity contribution >= 4 is 23.2 Å². The van der Waals surface area contributed by atoms with Crippen molar-refractivity contribution in [3.63, 3.8) is 0 Å². The molecule has 3 N–H and O–H groups in total. The molecule has 20 heavy (non-hydrogen) atoms. The summed E-state index contributed by atoms with van der Waals surface area (Å²) in [7, 11) is 0. The summed E-state index contributed by atoms with van der Waals surface area (Å²) in [6.45, 7) is 3.11. The van der Waals surface area contributed by atoms with Gasteiger partial charge in [-0.15, -0.1) is 0 Å². The molecule has 2 heterocycles. The van der Waals surface area contributed by atoms with Gasteiger partial charge >= 0.3 is 0 Å². The predicted octanol–water partition coefficient (Wildman–Crippen LogP) is 0.486. The fraction of sp³-hybridized carbons (Fsp3) is 0.429. The molecule has 2 aliphatic rings. The van der Waals surface area contributed by atoms with Gasteiger partial charge in [0.15, 0.2) is 0 Å². The summed E-state index contributed by atoms with van der Waals surface area (Å²) in [6.07, 6.45) is 0.794. The molecule has 2 amide bonds. The molecule has 1 aromatic rings. The Kier molecular flexibility index (Phi) is 3.45. The van der Waals surface area contributed by atoms with Crippen molar-refractivity contribution in [3.05, 3.63) is 23.8 Å². The Hall–Kier alpha value is -2.24. The van der Waals surface area contributed by atoms with E-state index in [9.17, 15) is 9.59 Å². The third-order valence-corrected chi connectivity index (χ3v) is 3.57. The van der Waals surface area contributed by atoms with E-state index in [2.05, 4.69) is 16.0 Å². The highest BCUT2D eigenvalue weighted by molar-refractivity contribution is 5.98. The Morgan fingerprint density at radius 1 is 1.05 bits per heavy atom. The van der Waals surface area contributed by atoms with Crippen molar-refractivity contribution in [3.8, 4) is 0 Å². The third-order valence-electron chi connectivity index (χ3n) is 3.57. The fourth-order valence-electron chi connectivity index (χ4n) is 2.53. The monoisotopic (exact) mass is 274 g/mol. The van der Waals surface area contributed by atoms with Crippen LogP contribution in [0.25, 0.3) is 0 Å². The number of carbonyl (C=O) groups is 2. The number of fused-ring (bicyclic) bond motifs is 1. The topological polar surface area (TPSA) is 73.5 Å². The Morgan fingerprint density at radius 3 is 2.70 bits per heavy atom. The molecular weight excluding hydrogens is 256 g/mol. The second-order valence-electron chi connectivity index (χ2n) is 5.04. The first-order chi connectivity index (χ1) is 9.74. The first-order valence-corrected chi connectivity index (χ1v) is 6.92. The van der Waals surface area contributed by atoms with E-state index in [0.29, 0.717) is 18.7 Å². The van der Waals surface area contributed by atoms with Gasteiger partial charge in [0.05, 0.1) is 17.9 Å². The van der Waals surface area contributed by atoms with Crippen molar-refractivity contribution in [2.45, 2.75) is 6.42 Å². The lowest BCUT2D eigenvalue weighted by molar-refractivity contribution is -0.121. The van der Waals surface area contributed by atoms with Crippen LogP contribution in [0.15, 0.2) is 18.2 Å². The molecule has 1 aromatic carbocycles. The summed E-state index contributed by atoms with van der Waals surface area (Å²) in [4.78, 5) is 25.6. The molecule has 6 nitrogen and oxygen atoms in total. The van der Waals surface area contributed by atoms with E-state index >= 15 is 0 Å². The molecule has 0 aromatic heterocycles. The average molecular weight is 274 g/mol. The lowest BCUT2D eigenvalue weighted by atomic mass is 10.1. The molecule has 106 valence electrons. The zero-order valence-corrected chi connectivity index (χ0v) is 11.2. The number of nitrogens with zero attached hydrogens (tertiary/aromatic N) is 1. The van der Waals surface area contributed by atoms with Gasteiger partial charge in [0.2, 0.25) is 5.91 Å². The Labute approximate surface area is 117 Å². The van der Waals surface area contributed by atoms with Gasteiger partial charge in [-0.25, -0.2) is 0 Å². The summed E-state index contributed by atoms with van der Waals surface area (Å²) in [5.74, 6) is -0.175. The van der Waals surface area contributed by atoms with Gasteiger partial charge in [-0.05, 0) is 24.6 Å². The average Bonchev–Trinajstić information content (AvgIpc) is 2.70. The van der Waals surface area contributed by atoms with Crippen LogP contribution in [0.4, 0.5) is 11.4 Å². The fourth-order valence-corrected chi connectivity index (χ4v) is 2.53. The van der Waals surface area contributed by atoms with Gasteiger partial charge in [-0.1, -0.05) is 0 Å². The zero-order chi connectivity index (χ0) is 13.9. The zero-order valence-electron chi connectivity index (χ0n) is 11.2. The lowest BCUT2D eigenvalue weighted by Crippen LogP contribution is -2.37. The molecule has 0 spiro atoms. The van der Waals surface area contributed by atoms with Gasteiger partial charge in [-0.2, -0.15) is 0 Å². The molecular formula is C14H18N4O2. The molecule has 2 aliphatic heterocycles. The number of benzene rings is 1. The van der Waals surface area contributed by atoms with Crippen LogP contribution in [0.1, 0.15) is 16.8 Å². The number of rotatable bonds is 1. The van der Waals surface area contributed by atoms with Crippen molar-refractivity contribution in [2.75, 3.05) is 43.4 Å². The SMILES string of the molecule is O=C1CN(C(=O)c2ccc3c(c2)NCCN3)CCCN1. The van der Waals surface area contributed by atoms with Gasteiger partial charge < -0.3 is 20.9 Å². The van der Waals surface area contributed by atoms with E-state index in [0.717, 1.165) is 30.9 Å². The number of hydrogen-bond donors (Lipinski definition) is 3. The van der Waals surface area contributed by atoms with Gasteiger partial charge in [0.25, 0.3) is 5.91 Å². The number of hydrogen-bond acceptors (Lipinski definition) is 4. The molecule has 0 radical (unpaired) electrons. The van der Waals surface area contributed by atoms with Crippen LogP contribution in [0.5, 0.6) is 0 Å². The molecule has 3 rings (SSSR count). The van der Waals surface area contributed by atoms with E-state index in [1.165, 1.54) is 0 Å². The predicted molar refractivity (Wildman–Crippen MR) is 77.0 cm³/mol. The van der Waals surface area contributed by atoms with E-state index in [1.807, 2.05) is 18.2 Å². The number of anilines is 2. The van der Waals surface area contributed by atoms with Crippen LogP contribution in [-0.4, -0.2) is 49.4 Å². The first kappa shape index (κ1) is 12.8. The lowest BCUT2D eigenvalue weighted by Gasteiger charge is -2.23. The number of nitrogens with one attached hydrogen (secondary N) is 3. The molecule has 0 unspecified atom stereocenters. The summed E-state index contributed by atoms with van der Waals surface area (Å²) in [6, 6.07) is 5.57. The maximum absolute atomic E-state index is 12.5.